The smallest absolute Gasteiger partial charge is 0.202 e. The van der Waals surface area contributed by atoms with Crippen LogP contribution in [-0.2, 0) is 6.42 Å². The third kappa shape index (κ3) is 4.75. The lowest BCUT2D eigenvalue weighted by molar-refractivity contribution is 0.518. The molecule has 0 aliphatic heterocycles. The molecule has 0 saturated heterocycles. The highest BCUT2D eigenvalue weighted by molar-refractivity contribution is 6.30. The zero-order valence-electron chi connectivity index (χ0n) is 9.87. The Morgan fingerprint density at radius 3 is 2.59 bits per heavy atom. The van der Waals surface area contributed by atoms with Crippen molar-refractivity contribution in [3.63, 3.8) is 0 Å². The third-order valence-electron chi connectivity index (χ3n) is 2.16. The van der Waals surface area contributed by atoms with E-state index in [2.05, 4.69) is 10.3 Å². The number of guanidine groups is 1. The summed E-state index contributed by atoms with van der Waals surface area (Å²) >= 11 is 5.81. The summed E-state index contributed by atoms with van der Waals surface area (Å²) in [4.78, 5) is 4.24. The van der Waals surface area contributed by atoms with Gasteiger partial charge < -0.3 is 5.73 Å². The molecule has 0 heterocycles. The van der Waals surface area contributed by atoms with E-state index in [9.17, 15) is 0 Å². The number of benzene rings is 1. The van der Waals surface area contributed by atoms with Gasteiger partial charge in [0.15, 0.2) is 6.19 Å². The van der Waals surface area contributed by atoms with Gasteiger partial charge >= 0.3 is 0 Å². The molecule has 0 aromatic heterocycles. The molecule has 0 bridgehead atoms. The Balaban J connectivity index is 2.76. The fourth-order valence-corrected chi connectivity index (χ4v) is 1.68. The molecule has 5 heteroatoms. The van der Waals surface area contributed by atoms with Crippen molar-refractivity contribution in [2.45, 2.75) is 25.8 Å². The van der Waals surface area contributed by atoms with E-state index in [0.29, 0.717) is 5.02 Å². The Labute approximate surface area is 106 Å². The van der Waals surface area contributed by atoms with Gasteiger partial charge in [0.25, 0.3) is 0 Å². The first-order chi connectivity index (χ1) is 7.93. The Kier molecular flexibility index (Phi) is 4.36. The van der Waals surface area contributed by atoms with Gasteiger partial charge in [-0.2, -0.15) is 5.26 Å². The van der Waals surface area contributed by atoms with Gasteiger partial charge in [-0.25, -0.2) is 4.99 Å². The lowest BCUT2D eigenvalue weighted by Gasteiger charge is -2.20. The monoisotopic (exact) mass is 250 g/mol. The number of hydrogen-bond acceptors (Lipinski definition) is 2. The summed E-state index contributed by atoms with van der Waals surface area (Å²) in [5.41, 5.74) is 6.29. The molecule has 1 rings (SSSR count). The van der Waals surface area contributed by atoms with Gasteiger partial charge in [0.2, 0.25) is 5.96 Å². The summed E-state index contributed by atoms with van der Waals surface area (Å²) in [6.45, 7) is 3.90. The molecule has 4 nitrogen and oxygen atoms in total. The van der Waals surface area contributed by atoms with E-state index in [-0.39, 0.29) is 11.5 Å². The SMILES string of the molecule is CC(C)(Cc1ccc(Cl)cc1)N=C(N)NC#N. The van der Waals surface area contributed by atoms with Crippen LogP contribution in [0.3, 0.4) is 0 Å². The molecule has 17 heavy (non-hydrogen) atoms. The van der Waals surface area contributed by atoms with E-state index in [4.69, 9.17) is 22.6 Å². The summed E-state index contributed by atoms with van der Waals surface area (Å²) < 4.78 is 0. The fourth-order valence-electron chi connectivity index (χ4n) is 1.55. The lowest BCUT2D eigenvalue weighted by atomic mass is 9.96. The minimum atomic E-state index is -0.373. The van der Waals surface area contributed by atoms with E-state index in [1.165, 1.54) is 0 Å². The van der Waals surface area contributed by atoms with Gasteiger partial charge in [0.1, 0.15) is 0 Å². The van der Waals surface area contributed by atoms with Crippen LogP contribution in [0.15, 0.2) is 29.3 Å². The molecule has 0 aliphatic rings. The minimum absolute atomic E-state index is 0.131. The summed E-state index contributed by atoms with van der Waals surface area (Å²) in [7, 11) is 0. The summed E-state index contributed by atoms with van der Waals surface area (Å²) in [6.07, 6.45) is 2.46. The highest BCUT2D eigenvalue weighted by Crippen LogP contribution is 2.18. The highest BCUT2D eigenvalue weighted by atomic mass is 35.5. The van der Waals surface area contributed by atoms with Crippen LogP contribution in [0.2, 0.25) is 5.02 Å². The number of nitriles is 1. The maximum Gasteiger partial charge on any atom is 0.202 e. The summed E-state index contributed by atoms with van der Waals surface area (Å²) in [5.74, 6) is 0.131. The molecular formula is C12H15ClN4. The maximum atomic E-state index is 8.42. The van der Waals surface area contributed by atoms with Gasteiger partial charge in [-0.3, -0.25) is 5.32 Å². The van der Waals surface area contributed by atoms with Crippen molar-refractivity contribution in [1.82, 2.24) is 5.32 Å². The van der Waals surface area contributed by atoms with Crippen LogP contribution in [0.4, 0.5) is 0 Å². The number of hydrogen-bond donors (Lipinski definition) is 2. The Bertz CT molecular complexity index is 443. The van der Waals surface area contributed by atoms with Crippen molar-refractivity contribution < 1.29 is 0 Å². The van der Waals surface area contributed by atoms with Gasteiger partial charge in [-0.1, -0.05) is 23.7 Å². The first kappa shape index (κ1) is 13.3. The molecular weight excluding hydrogens is 236 g/mol. The van der Waals surface area contributed by atoms with Crippen molar-refractivity contribution in [2.75, 3.05) is 0 Å². The molecule has 3 N–H and O–H groups in total. The number of nitrogens with one attached hydrogen (secondary N) is 1. The van der Waals surface area contributed by atoms with Gasteiger partial charge in [-0.15, -0.1) is 0 Å². The number of rotatable bonds is 3. The Hall–Kier alpha value is -1.73. The molecule has 0 aliphatic carbocycles. The first-order valence-corrected chi connectivity index (χ1v) is 5.55. The van der Waals surface area contributed by atoms with Gasteiger partial charge in [0.05, 0.1) is 5.54 Å². The predicted octanol–water partition coefficient (Wildman–Crippen LogP) is 2.05. The summed E-state index contributed by atoms with van der Waals surface area (Å²) in [6, 6.07) is 7.59. The van der Waals surface area contributed by atoms with Crippen molar-refractivity contribution in [2.24, 2.45) is 10.7 Å². The number of aliphatic imine (C=N–C) groups is 1. The molecule has 0 spiro atoms. The standard InChI is InChI=1S/C12H15ClN4/c1-12(2,17-11(15)16-8-14)7-9-3-5-10(13)6-4-9/h3-6H,7H2,1-2H3,(H3,15,16,17). The average molecular weight is 251 g/mol. The molecule has 1 aromatic carbocycles. The van der Waals surface area contributed by atoms with Crippen LogP contribution in [-0.4, -0.2) is 11.5 Å². The van der Waals surface area contributed by atoms with Gasteiger partial charge in [0, 0.05) is 5.02 Å². The Morgan fingerprint density at radius 1 is 1.47 bits per heavy atom. The molecule has 1 aromatic rings. The van der Waals surface area contributed by atoms with Crippen LogP contribution in [0.1, 0.15) is 19.4 Å². The molecule has 0 atom stereocenters. The van der Waals surface area contributed by atoms with Crippen molar-refractivity contribution in [3.8, 4) is 6.19 Å². The molecule has 0 saturated carbocycles. The second-order valence-electron chi connectivity index (χ2n) is 4.35. The van der Waals surface area contributed by atoms with Crippen LogP contribution in [0.5, 0.6) is 0 Å². The summed E-state index contributed by atoms with van der Waals surface area (Å²) in [5, 5.41) is 11.4. The Morgan fingerprint density at radius 2 is 2.06 bits per heavy atom. The zero-order valence-corrected chi connectivity index (χ0v) is 10.6. The number of nitrogens with two attached hydrogens (primary N) is 1. The normalized spacial score (nSPS) is 12.0. The van der Waals surface area contributed by atoms with E-state index in [1.54, 1.807) is 6.19 Å². The second-order valence-corrected chi connectivity index (χ2v) is 4.79. The van der Waals surface area contributed by atoms with Crippen molar-refractivity contribution >= 4 is 17.6 Å². The van der Waals surface area contributed by atoms with Crippen LogP contribution < -0.4 is 11.1 Å². The fraction of sp³-hybridized carbons (Fsp3) is 0.333. The minimum Gasteiger partial charge on any atom is -0.369 e. The average Bonchev–Trinajstić information content (AvgIpc) is 2.20. The number of halogens is 1. The van der Waals surface area contributed by atoms with E-state index >= 15 is 0 Å². The first-order valence-electron chi connectivity index (χ1n) is 5.18. The van der Waals surface area contributed by atoms with Crippen LogP contribution >= 0.6 is 11.6 Å². The third-order valence-corrected chi connectivity index (χ3v) is 2.41. The largest absolute Gasteiger partial charge is 0.369 e. The van der Waals surface area contributed by atoms with Crippen molar-refractivity contribution in [1.29, 1.82) is 5.26 Å². The van der Waals surface area contributed by atoms with Crippen LogP contribution in [0, 0.1) is 11.5 Å². The molecule has 90 valence electrons. The topological polar surface area (TPSA) is 74.2 Å². The zero-order chi connectivity index (χ0) is 12.9. The predicted molar refractivity (Wildman–Crippen MR) is 69.6 cm³/mol. The quantitative estimate of drug-likeness (QED) is 0.373. The van der Waals surface area contributed by atoms with Gasteiger partial charge in [-0.05, 0) is 38.0 Å². The van der Waals surface area contributed by atoms with E-state index in [1.807, 2.05) is 38.1 Å². The van der Waals surface area contributed by atoms with Crippen LogP contribution in [0.25, 0.3) is 0 Å². The molecule has 0 radical (unpaired) electrons. The molecule has 0 fully saturated rings. The lowest BCUT2D eigenvalue weighted by Crippen LogP contribution is -2.33. The number of nitrogens with zero attached hydrogens (tertiary/aromatic N) is 2. The second kappa shape index (κ2) is 5.55. The molecule has 0 unspecified atom stereocenters. The van der Waals surface area contributed by atoms with Crippen molar-refractivity contribution in [3.05, 3.63) is 34.9 Å². The highest BCUT2D eigenvalue weighted by Gasteiger charge is 2.17. The molecule has 0 amide bonds. The van der Waals surface area contributed by atoms with E-state index in [0.717, 1.165) is 12.0 Å². The van der Waals surface area contributed by atoms with E-state index < -0.39 is 0 Å². The maximum absolute atomic E-state index is 8.42.